The van der Waals surface area contributed by atoms with E-state index in [2.05, 4.69) is 16.8 Å². The summed E-state index contributed by atoms with van der Waals surface area (Å²) in [7, 11) is 0. The Morgan fingerprint density at radius 3 is 3.12 bits per heavy atom. The van der Waals surface area contributed by atoms with Crippen LogP contribution in [0.4, 0.5) is 0 Å². The van der Waals surface area contributed by atoms with Crippen LogP contribution in [-0.2, 0) is 20.8 Å². The summed E-state index contributed by atoms with van der Waals surface area (Å²) in [6.07, 6.45) is 4.39. The van der Waals surface area contributed by atoms with Gasteiger partial charge in [-0.3, -0.25) is 0 Å². The van der Waals surface area contributed by atoms with Crippen molar-refractivity contribution in [1.82, 2.24) is 0 Å². The highest BCUT2D eigenvalue weighted by Gasteiger charge is 2.13. The van der Waals surface area contributed by atoms with Crippen molar-refractivity contribution in [3.05, 3.63) is 22.4 Å². The summed E-state index contributed by atoms with van der Waals surface area (Å²) in [6, 6.07) is 2.09. The second-order valence-electron chi connectivity index (χ2n) is 4.20. The van der Waals surface area contributed by atoms with Crippen LogP contribution in [0.25, 0.3) is 0 Å². The van der Waals surface area contributed by atoms with E-state index in [4.69, 9.17) is 14.2 Å². The molecule has 2 heterocycles. The van der Waals surface area contributed by atoms with Crippen molar-refractivity contribution in [3.8, 4) is 0 Å². The van der Waals surface area contributed by atoms with Crippen LogP contribution in [-0.4, -0.2) is 26.1 Å². The molecule has 2 rings (SSSR count). The topological polar surface area (TPSA) is 27.7 Å². The molecule has 0 bridgehead atoms. The minimum Gasteiger partial charge on any atom is -0.377 e. The highest BCUT2D eigenvalue weighted by molar-refractivity contribution is 7.07. The van der Waals surface area contributed by atoms with Crippen molar-refractivity contribution in [1.29, 1.82) is 0 Å². The van der Waals surface area contributed by atoms with Crippen molar-refractivity contribution in [2.45, 2.75) is 38.6 Å². The quantitative estimate of drug-likeness (QED) is 0.701. The van der Waals surface area contributed by atoms with E-state index in [0.29, 0.717) is 6.61 Å². The normalized spacial score (nSPS) is 20.6. The number of hydrogen-bond acceptors (Lipinski definition) is 4. The van der Waals surface area contributed by atoms with Crippen LogP contribution in [0.15, 0.2) is 16.8 Å². The third-order valence-corrected chi connectivity index (χ3v) is 3.46. The Hall–Kier alpha value is -0.420. The fourth-order valence-corrected chi connectivity index (χ4v) is 2.44. The van der Waals surface area contributed by atoms with Crippen molar-refractivity contribution in [2.75, 3.05) is 19.8 Å². The Kier molecular flexibility index (Phi) is 5.99. The van der Waals surface area contributed by atoms with Gasteiger partial charge >= 0.3 is 0 Å². The lowest BCUT2D eigenvalue weighted by atomic mass is 10.2. The van der Waals surface area contributed by atoms with E-state index in [1.54, 1.807) is 11.3 Å². The van der Waals surface area contributed by atoms with Gasteiger partial charge in [0.25, 0.3) is 0 Å². The fraction of sp³-hybridized carbons (Fsp3) is 0.692. The van der Waals surface area contributed by atoms with Gasteiger partial charge in [-0.25, -0.2) is 0 Å². The maximum absolute atomic E-state index is 5.62. The minimum atomic E-state index is 0.0284. The molecule has 1 aromatic rings. The second-order valence-corrected chi connectivity index (χ2v) is 4.98. The Labute approximate surface area is 107 Å². The molecule has 1 aromatic heterocycles. The molecule has 0 spiro atoms. The SMILES string of the molecule is c1cc(COCCCOC2CCCCO2)cs1. The van der Waals surface area contributed by atoms with Crippen LogP contribution in [0.1, 0.15) is 31.2 Å². The van der Waals surface area contributed by atoms with Gasteiger partial charge in [-0.15, -0.1) is 0 Å². The maximum atomic E-state index is 5.62. The van der Waals surface area contributed by atoms with Crippen molar-refractivity contribution in [2.24, 2.45) is 0 Å². The molecule has 1 aliphatic rings. The molecule has 0 amide bonds. The number of hydrogen-bond donors (Lipinski definition) is 0. The second kappa shape index (κ2) is 7.82. The zero-order chi connectivity index (χ0) is 11.8. The number of ether oxygens (including phenoxy) is 3. The fourth-order valence-electron chi connectivity index (χ4n) is 1.78. The van der Waals surface area contributed by atoms with Crippen LogP contribution < -0.4 is 0 Å². The van der Waals surface area contributed by atoms with Crippen molar-refractivity contribution in [3.63, 3.8) is 0 Å². The first-order chi connectivity index (χ1) is 8.45. The molecule has 0 saturated carbocycles. The van der Waals surface area contributed by atoms with E-state index in [0.717, 1.165) is 32.7 Å². The van der Waals surface area contributed by atoms with E-state index in [9.17, 15) is 0 Å². The molecular weight excluding hydrogens is 236 g/mol. The molecule has 1 atom stereocenters. The highest BCUT2D eigenvalue weighted by atomic mass is 32.1. The molecule has 0 aliphatic carbocycles. The molecule has 4 heteroatoms. The zero-order valence-corrected chi connectivity index (χ0v) is 10.9. The van der Waals surface area contributed by atoms with Gasteiger partial charge in [0.15, 0.2) is 6.29 Å². The standard InChI is InChI=1S/C13H20O3S/c1-2-7-15-13(4-1)16-8-3-6-14-10-12-5-9-17-11-12/h5,9,11,13H,1-4,6-8,10H2. The molecule has 1 fully saturated rings. The van der Waals surface area contributed by atoms with E-state index < -0.39 is 0 Å². The van der Waals surface area contributed by atoms with Crippen molar-refractivity contribution >= 4 is 11.3 Å². The van der Waals surface area contributed by atoms with Crippen LogP contribution in [0, 0.1) is 0 Å². The van der Waals surface area contributed by atoms with Gasteiger partial charge < -0.3 is 14.2 Å². The zero-order valence-electron chi connectivity index (χ0n) is 10.1. The number of rotatable bonds is 7. The highest BCUT2D eigenvalue weighted by Crippen LogP contribution is 2.13. The van der Waals surface area contributed by atoms with Gasteiger partial charge in [0.1, 0.15) is 0 Å². The molecule has 17 heavy (non-hydrogen) atoms. The number of thiophene rings is 1. The molecule has 0 aromatic carbocycles. The van der Waals surface area contributed by atoms with Gasteiger partial charge in [-0.1, -0.05) is 0 Å². The van der Waals surface area contributed by atoms with Crippen LogP contribution >= 0.6 is 11.3 Å². The molecule has 0 radical (unpaired) electrons. The monoisotopic (exact) mass is 256 g/mol. The summed E-state index contributed by atoms with van der Waals surface area (Å²) in [5.41, 5.74) is 1.26. The van der Waals surface area contributed by atoms with E-state index in [1.165, 1.54) is 18.4 Å². The summed E-state index contributed by atoms with van der Waals surface area (Å²) in [4.78, 5) is 0. The molecule has 0 N–H and O–H groups in total. The first-order valence-electron chi connectivity index (χ1n) is 6.27. The van der Waals surface area contributed by atoms with Crippen LogP contribution in [0.2, 0.25) is 0 Å². The predicted octanol–water partition coefficient (Wildman–Crippen LogP) is 3.20. The molecular formula is C13H20O3S. The first kappa shape index (κ1) is 13.0. The van der Waals surface area contributed by atoms with Crippen molar-refractivity contribution < 1.29 is 14.2 Å². The van der Waals surface area contributed by atoms with Crippen LogP contribution in [0.5, 0.6) is 0 Å². The summed E-state index contributed by atoms with van der Waals surface area (Å²) in [6.45, 7) is 3.04. The van der Waals surface area contributed by atoms with E-state index >= 15 is 0 Å². The van der Waals surface area contributed by atoms with E-state index in [1.807, 2.05) is 0 Å². The molecule has 1 aliphatic heterocycles. The average molecular weight is 256 g/mol. The van der Waals surface area contributed by atoms with Gasteiger partial charge in [0.05, 0.1) is 13.2 Å². The molecule has 1 unspecified atom stereocenters. The minimum absolute atomic E-state index is 0.0284. The summed E-state index contributed by atoms with van der Waals surface area (Å²) in [5.74, 6) is 0. The Bertz CT molecular complexity index is 281. The van der Waals surface area contributed by atoms with Gasteiger partial charge in [-0.2, -0.15) is 11.3 Å². The predicted molar refractivity (Wildman–Crippen MR) is 68.1 cm³/mol. The molecule has 3 nitrogen and oxygen atoms in total. The molecule has 96 valence electrons. The lowest BCUT2D eigenvalue weighted by Crippen LogP contribution is -2.23. The summed E-state index contributed by atoms with van der Waals surface area (Å²) < 4.78 is 16.7. The summed E-state index contributed by atoms with van der Waals surface area (Å²) in [5, 5.41) is 4.19. The van der Waals surface area contributed by atoms with Gasteiger partial charge in [0.2, 0.25) is 0 Å². The lowest BCUT2D eigenvalue weighted by Gasteiger charge is -2.22. The van der Waals surface area contributed by atoms with Gasteiger partial charge in [-0.05, 0) is 48.1 Å². The third-order valence-electron chi connectivity index (χ3n) is 2.72. The third kappa shape index (κ3) is 5.17. The largest absolute Gasteiger partial charge is 0.377 e. The van der Waals surface area contributed by atoms with Gasteiger partial charge in [0, 0.05) is 13.2 Å². The Balaban J connectivity index is 1.43. The Morgan fingerprint density at radius 2 is 2.35 bits per heavy atom. The smallest absolute Gasteiger partial charge is 0.157 e. The Morgan fingerprint density at radius 1 is 1.35 bits per heavy atom. The average Bonchev–Trinajstić information content (AvgIpc) is 2.88. The molecule has 1 saturated heterocycles. The van der Waals surface area contributed by atoms with E-state index in [-0.39, 0.29) is 6.29 Å². The maximum Gasteiger partial charge on any atom is 0.157 e. The first-order valence-corrected chi connectivity index (χ1v) is 7.21. The lowest BCUT2D eigenvalue weighted by molar-refractivity contribution is -0.164. The summed E-state index contributed by atoms with van der Waals surface area (Å²) >= 11 is 1.71. The van der Waals surface area contributed by atoms with Crippen LogP contribution in [0.3, 0.4) is 0 Å².